The Hall–Kier alpha value is -4.80. The highest BCUT2D eigenvalue weighted by Crippen LogP contribution is 2.38. The van der Waals surface area contributed by atoms with Crippen LogP contribution in [0.1, 0.15) is 16.7 Å². The van der Waals surface area contributed by atoms with Gasteiger partial charge in [0.2, 0.25) is 0 Å². The molecule has 1 N–H and O–H groups in total. The van der Waals surface area contributed by atoms with Gasteiger partial charge in [-0.3, -0.25) is 14.9 Å². The maximum Gasteiger partial charge on any atom is 0.335 e. The summed E-state index contributed by atoms with van der Waals surface area (Å²) in [5, 5.41) is 2.64. The highest BCUT2D eigenvalue weighted by Gasteiger charge is 2.36. The number of halogens is 2. The molecular formula is C33H26BrClN2O7. The number of hydrogen-bond donors (Lipinski definition) is 1. The van der Waals surface area contributed by atoms with Crippen molar-refractivity contribution in [2.45, 2.75) is 13.2 Å². The topological polar surface area (TPSA) is 103 Å². The van der Waals surface area contributed by atoms with Crippen molar-refractivity contribution in [2.24, 2.45) is 0 Å². The monoisotopic (exact) mass is 676 g/mol. The molecule has 9 nitrogen and oxygen atoms in total. The van der Waals surface area contributed by atoms with Crippen LogP contribution in [0.2, 0.25) is 5.02 Å². The molecule has 44 heavy (non-hydrogen) atoms. The third-order valence-electron chi connectivity index (χ3n) is 6.60. The van der Waals surface area contributed by atoms with Gasteiger partial charge in [-0.25, -0.2) is 9.69 Å². The smallest absolute Gasteiger partial charge is 0.335 e. The summed E-state index contributed by atoms with van der Waals surface area (Å²) < 4.78 is 23.7. The minimum Gasteiger partial charge on any atom is -0.493 e. The molecule has 1 heterocycles. The van der Waals surface area contributed by atoms with Crippen LogP contribution < -0.4 is 29.2 Å². The molecular weight excluding hydrogens is 652 g/mol. The van der Waals surface area contributed by atoms with E-state index in [-0.39, 0.29) is 17.9 Å². The SMILES string of the molecule is COc1cc(COc2c(Br)cc(/C=C3/C(=O)NC(=O)N(c4ccc(Cl)cc4)C3=O)cc2OC)ccc1OCc1ccccc1. The first-order chi connectivity index (χ1) is 21.3. The lowest BCUT2D eigenvalue weighted by molar-refractivity contribution is -0.122. The van der Waals surface area contributed by atoms with Crippen LogP contribution in [0.5, 0.6) is 23.0 Å². The van der Waals surface area contributed by atoms with Crippen LogP contribution in [0.25, 0.3) is 6.08 Å². The number of nitrogens with one attached hydrogen (secondary N) is 1. The average Bonchev–Trinajstić information content (AvgIpc) is 3.02. The summed E-state index contributed by atoms with van der Waals surface area (Å²) in [4.78, 5) is 39.3. The Labute approximate surface area is 267 Å². The first kappa shape index (κ1) is 30.7. The Balaban J connectivity index is 1.33. The number of benzene rings is 4. The number of carbonyl (C=O) groups is 3. The van der Waals surface area contributed by atoms with Gasteiger partial charge >= 0.3 is 6.03 Å². The van der Waals surface area contributed by atoms with E-state index >= 15 is 0 Å². The van der Waals surface area contributed by atoms with Gasteiger partial charge < -0.3 is 18.9 Å². The number of methoxy groups -OCH3 is 2. The molecule has 0 atom stereocenters. The maximum atomic E-state index is 13.2. The maximum absolute atomic E-state index is 13.2. The minimum atomic E-state index is -0.852. The van der Waals surface area contributed by atoms with E-state index in [4.69, 9.17) is 30.5 Å². The fraction of sp³-hybridized carbons (Fsp3) is 0.121. The van der Waals surface area contributed by atoms with Crippen LogP contribution in [-0.2, 0) is 22.8 Å². The molecule has 11 heteroatoms. The second kappa shape index (κ2) is 13.7. The van der Waals surface area contributed by atoms with Gasteiger partial charge in [-0.1, -0.05) is 48.0 Å². The number of amides is 4. The highest BCUT2D eigenvalue weighted by molar-refractivity contribution is 9.10. The number of imide groups is 2. The molecule has 1 aliphatic heterocycles. The predicted molar refractivity (Wildman–Crippen MR) is 169 cm³/mol. The van der Waals surface area contributed by atoms with Crippen LogP contribution in [0.15, 0.2) is 95.0 Å². The van der Waals surface area contributed by atoms with Gasteiger partial charge in [0.1, 0.15) is 18.8 Å². The number of anilines is 1. The fourth-order valence-electron chi connectivity index (χ4n) is 4.42. The molecule has 1 aliphatic rings. The molecule has 4 amide bonds. The molecule has 0 bridgehead atoms. The molecule has 0 aliphatic carbocycles. The van der Waals surface area contributed by atoms with Crippen molar-refractivity contribution in [3.8, 4) is 23.0 Å². The zero-order chi connectivity index (χ0) is 31.2. The van der Waals surface area contributed by atoms with Gasteiger partial charge in [0.25, 0.3) is 11.8 Å². The Morgan fingerprint density at radius 1 is 0.795 bits per heavy atom. The van der Waals surface area contributed by atoms with Crippen molar-refractivity contribution in [3.05, 3.63) is 117 Å². The number of nitrogens with zero attached hydrogens (tertiary/aromatic N) is 1. The first-order valence-corrected chi connectivity index (χ1v) is 14.5. The van der Waals surface area contributed by atoms with E-state index in [1.807, 2.05) is 48.5 Å². The fourth-order valence-corrected chi connectivity index (χ4v) is 5.12. The molecule has 1 fully saturated rings. The van der Waals surface area contributed by atoms with E-state index in [2.05, 4.69) is 21.2 Å². The van der Waals surface area contributed by atoms with Crippen LogP contribution >= 0.6 is 27.5 Å². The molecule has 0 unspecified atom stereocenters. The first-order valence-electron chi connectivity index (χ1n) is 13.3. The lowest BCUT2D eigenvalue weighted by atomic mass is 10.1. The number of hydrogen-bond acceptors (Lipinski definition) is 7. The van der Waals surface area contributed by atoms with Crippen LogP contribution in [0.4, 0.5) is 10.5 Å². The molecule has 4 aromatic rings. The molecule has 4 aromatic carbocycles. The molecule has 0 aromatic heterocycles. The normalized spacial score (nSPS) is 14.0. The lowest BCUT2D eigenvalue weighted by Crippen LogP contribution is -2.54. The number of urea groups is 1. The van der Waals surface area contributed by atoms with E-state index in [0.29, 0.717) is 44.7 Å². The van der Waals surface area contributed by atoms with E-state index in [1.165, 1.54) is 25.3 Å². The summed E-state index contributed by atoms with van der Waals surface area (Å²) >= 11 is 9.45. The molecule has 224 valence electrons. The van der Waals surface area contributed by atoms with Crippen molar-refractivity contribution < 1.29 is 33.3 Å². The largest absolute Gasteiger partial charge is 0.493 e. The number of carbonyl (C=O) groups excluding carboxylic acids is 3. The summed E-state index contributed by atoms with van der Waals surface area (Å²) in [7, 11) is 3.05. The van der Waals surface area contributed by atoms with E-state index < -0.39 is 17.8 Å². The predicted octanol–water partition coefficient (Wildman–Crippen LogP) is 6.94. The molecule has 1 saturated heterocycles. The van der Waals surface area contributed by atoms with Crippen molar-refractivity contribution in [1.82, 2.24) is 5.32 Å². The van der Waals surface area contributed by atoms with Crippen molar-refractivity contribution in [2.75, 3.05) is 19.1 Å². The Bertz CT molecular complexity index is 1740. The van der Waals surface area contributed by atoms with Crippen molar-refractivity contribution in [3.63, 3.8) is 0 Å². The van der Waals surface area contributed by atoms with Gasteiger partial charge in [-0.05, 0) is 87.2 Å². The van der Waals surface area contributed by atoms with Crippen LogP contribution in [-0.4, -0.2) is 32.1 Å². The second-order valence-corrected chi connectivity index (χ2v) is 10.8. The summed E-state index contributed by atoms with van der Waals surface area (Å²) in [6.45, 7) is 0.589. The van der Waals surface area contributed by atoms with Gasteiger partial charge in [0.05, 0.1) is 24.4 Å². The lowest BCUT2D eigenvalue weighted by Gasteiger charge is -2.26. The molecule has 0 saturated carbocycles. The molecule has 0 radical (unpaired) electrons. The highest BCUT2D eigenvalue weighted by atomic mass is 79.9. The standard InChI is InChI=1S/C33H26BrClN2O7/c1-41-28-16-21(8-13-27(28)43-18-20-6-4-3-5-7-20)19-44-30-26(34)15-22(17-29(30)42-2)14-25-31(38)36-33(40)37(32(25)39)24-11-9-23(35)10-12-24/h3-17H,18-19H2,1-2H3,(H,36,38,40)/b25-14-. The summed E-state index contributed by atoms with van der Waals surface area (Å²) in [5.74, 6) is 0.351. The van der Waals surface area contributed by atoms with E-state index in [1.54, 1.807) is 31.4 Å². The molecule has 5 rings (SSSR count). The van der Waals surface area contributed by atoms with Crippen molar-refractivity contribution >= 4 is 57.1 Å². The summed E-state index contributed by atoms with van der Waals surface area (Å²) in [5.41, 5.74) is 2.37. The summed E-state index contributed by atoms with van der Waals surface area (Å²) in [6, 6.07) is 23.9. The Morgan fingerprint density at radius 2 is 1.50 bits per heavy atom. The third kappa shape index (κ3) is 6.88. The van der Waals surface area contributed by atoms with Crippen LogP contribution in [0.3, 0.4) is 0 Å². The van der Waals surface area contributed by atoms with Gasteiger partial charge in [-0.2, -0.15) is 0 Å². The zero-order valence-corrected chi connectivity index (χ0v) is 26.0. The molecule has 0 spiro atoms. The zero-order valence-electron chi connectivity index (χ0n) is 23.6. The number of barbiturate groups is 1. The van der Waals surface area contributed by atoms with Gasteiger partial charge in [-0.15, -0.1) is 0 Å². The quantitative estimate of drug-likeness (QED) is 0.143. The minimum absolute atomic E-state index is 0.184. The third-order valence-corrected chi connectivity index (χ3v) is 7.44. The van der Waals surface area contributed by atoms with Gasteiger partial charge in [0, 0.05) is 5.02 Å². The van der Waals surface area contributed by atoms with Crippen molar-refractivity contribution in [1.29, 1.82) is 0 Å². The Morgan fingerprint density at radius 3 is 2.20 bits per heavy atom. The number of rotatable bonds is 10. The summed E-state index contributed by atoms with van der Waals surface area (Å²) in [6.07, 6.45) is 1.38. The number of ether oxygens (including phenoxy) is 4. The van der Waals surface area contributed by atoms with E-state index in [0.717, 1.165) is 16.0 Å². The van der Waals surface area contributed by atoms with E-state index in [9.17, 15) is 14.4 Å². The average molecular weight is 678 g/mol. The van der Waals surface area contributed by atoms with Crippen LogP contribution in [0, 0.1) is 0 Å². The second-order valence-electron chi connectivity index (χ2n) is 9.52. The Kier molecular flexibility index (Phi) is 9.52. The van der Waals surface area contributed by atoms with Gasteiger partial charge in [0.15, 0.2) is 23.0 Å².